The minimum Gasteiger partial charge on any atom is -0.309 e. The Balaban J connectivity index is 1.76. The SMILES string of the molecule is Cc1[nH]nc(NC(=O)C[C@H](C)c2ccccc2)c1-c1cccc(Cl)c1. The zero-order valence-corrected chi connectivity index (χ0v) is 15.0. The number of nitrogens with zero attached hydrogens (tertiary/aromatic N) is 1. The number of anilines is 1. The van der Waals surface area contributed by atoms with Gasteiger partial charge in [-0.2, -0.15) is 5.10 Å². The van der Waals surface area contributed by atoms with E-state index in [1.165, 1.54) is 0 Å². The number of hydrogen-bond donors (Lipinski definition) is 2. The Morgan fingerprint density at radius 2 is 1.96 bits per heavy atom. The number of H-pyrrole nitrogens is 1. The molecule has 25 heavy (non-hydrogen) atoms. The first-order valence-corrected chi connectivity index (χ1v) is 8.58. The van der Waals surface area contributed by atoms with Crippen molar-refractivity contribution in [3.8, 4) is 11.1 Å². The fraction of sp³-hybridized carbons (Fsp3) is 0.200. The van der Waals surface area contributed by atoms with Crippen LogP contribution < -0.4 is 5.32 Å². The third-order valence-corrected chi connectivity index (χ3v) is 4.41. The van der Waals surface area contributed by atoms with E-state index in [4.69, 9.17) is 11.6 Å². The molecule has 0 aliphatic rings. The van der Waals surface area contributed by atoms with Crippen LogP contribution in [0.3, 0.4) is 0 Å². The van der Waals surface area contributed by atoms with Gasteiger partial charge >= 0.3 is 0 Å². The highest BCUT2D eigenvalue weighted by molar-refractivity contribution is 6.30. The number of carbonyl (C=O) groups excluding carboxylic acids is 1. The number of aromatic nitrogens is 2. The van der Waals surface area contributed by atoms with Crippen molar-refractivity contribution in [2.45, 2.75) is 26.2 Å². The van der Waals surface area contributed by atoms with Crippen LogP contribution in [0, 0.1) is 6.92 Å². The molecule has 3 rings (SSSR count). The van der Waals surface area contributed by atoms with Gasteiger partial charge in [0, 0.05) is 22.7 Å². The molecule has 0 fully saturated rings. The summed E-state index contributed by atoms with van der Waals surface area (Å²) in [5.74, 6) is 0.604. The van der Waals surface area contributed by atoms with Crippen molar-refractivity contribution in [3.63, 3.8) is 0 Å². The molecule has 0 saturated carbocycles. The fourth-order valence-electron chi connectivity index (χ4n) is 2.88. The van der Waals surface area contributed by atoms with E-state index >= 15 is 0 Å². The van der Waals surface area contributed by atoms with Gasteiger partial charge in [0.05, 0.1) is 0 Å². The first-order valence-electron chi connectivity index (χ1n) is 8.20. The molecule has 0 spiro atoms. The van der Waals surface area contributed by atoms with Gasteiger partial charge in [-0.05, 0) is 36.1 Å². The Morgan fingerprint density at radius 1 is 1.20 bits per heavy atom. The maximum atomic E-state index is 12.5. The number of aryl methyl sites for hydroxylation is 1. The van der Waals surface area contributed by atoms with E-state index in [-0.39, 0.29) is 11.8 Å². The van der Waals surface area contributed by atoms with Crippen LogP contribution in [0.5, 0.6) is 0 Å². The number of rotatable bonds is 5. The van der Waals surface area contributed by atoms with Gasteiger partial charge in [-0.3, -0.25) is 9.89 Å². The molecule has 4 nitrogen and oxygen atoms in total. The summed E-state index contributed by atoms with van der Waals surface area (Å²) < 4.78 is 0. The summed E-state index contributed by atoms with van der Waals surface area (Å²) in [7, 11) is 0. The third kappa shape index (κ3) is 4.09. The summed E-state index contributed by atoms with van der Waals surface area (Å²) in [4.78, 5) is 12.5. The van der Waals surface area contributed by atoms with E-state index in [9.17, 15) is 4.79 Å². The van der Waals surface area contributed by atoms with Crippen molar-refractivity contribution < 1.29 is 4.79 Å². The predicted octanol–water partition coefficient (Wildman–Crippen LogP) is 5.17. The fourth-order valence-corrected chi connectivity index (χ4v) is 3.07. The number of nitrogens with one attached hydrogen (secondary N) is 2. The molecule has 128 valence electrons. The number of carbonyl (C=O) groups is 1. The molecule has 1 amide bonds. The Labute approximate surface area is 152 Å². The van der Waals surface area contributed by atoms with Gasteiger partial charge in [0.1, 0.15) is 0 Å². The van der Waals surface area contributed by atoms with E-state index < -0.39 is 0 Å². The van der Waals surface area contributed by atoms with E-state index in [1.54, 1.807) is 0 Å². The van der Waals surface area contributed by atoms with Crippen LogP contribution in [-0.4, -0.2) is 16.1 Å². The molecule has 2 N–H and O–H groups in total. The molecule has 0 unspecified atom stereocenters. The molecule has 0 aliphatic heterocycles. The Kier molecular flexibility index (Phi) is 5.19. The quantitative estimate of drug-likeness (QED) is 0.664. The molecule has 0 aliphatic carbocycles. The lowest BCUT2D eigenvalue weighted by Crippen LogP contribution is -2.15. The predicted molar refractivity (Wildman–Crippen MR) is 102 cm³/mol. The minimum absolute atomic E-state index is 0.0638. The van der Waals surface area contributed by atoms with Gasteiger partial charge in [0.2, 0.25) is 5.91 Å². The Bertz CT molecular complexity index is 874. The van der Waals surface area contributed by atoms with Gasteiger partial charge < -0.3 is 5.32 Å². The van der Waals surface area contributed by atoms with E-state index in [1.807, 2.05) is 68.4 Å². The second-order valence-electron chi connectivity index (χ2n) is 6.15. The van der Waals surface area contributed by atoms with Crippen LogP contribution >= 0.6 is 11.6 Å². The van der Waals surface area contributed by atoms with Crippen LogP contribution in [-0.2, 0) is 4.79 Å². The zero-order valence-electron chi connectivity index (χ0n) is 14.2. The molecule has 1 heterocycles. The largest absolute Gasteiger partial charge is 0.309 e. The standard InChI is InChI=1S/C20H20ClN3O/c1-13(15-7-4-3-5-8-15)11-18(25)22-20-19(14(2)23-24-20)16-9-6-10-17(21)12-16/h3-10,12-13H,11H2,1-2H3,(H2,22,23,24,25)/t13-/m0/s1. The van der Waals surface area contributed by atoms with E-state index in [2.05, 4.69) is 15.5 Å². The monoisotopic (exact) mass is 353 g/mol. The highest BCUT2D eigenvalue weighted by Crippen LogP contribution is 2.31. The number of aromatic amines is 1. The van der Waals surface area contributed by atoms with Gasteiger partial charge in [-0.25, -0.2) is 0 Å². The maximum absolute atomic E-state index is 12.5. The Morgan fingerprint density at radius 3 is 2.68 bits per heavy atom. The van der Waals surface area contributed by atoms with Crippen LogP contribution in [0.2, 0.25) is 5.02 Å². The number of amides is 1. The van der Waals surface area contributed by atoms with Crippen molar-refractivity contribution in [1.29, 1.82) is 0 Å². The average Bonchev–Trinajstić information content (AvgIpc) is 2.95. The molecule has 0 saturated heterocycles. The summed E-state index contributed by atoms with van der Waals surface area (Å²) >= 11 is 6.09. The first-order chi connectivity index (χ1) is 12.0. The second kappa shape index (κ2) is 7.53. The summed E-state index contributed by atoms with van der Waals surface area (Å²) in [5, 5.41) is 10.8. The summed E-state index contributed by atoms with van der Waals surface area (Å²) in [6, 6.07) is 17.5. The van der Waals surface area contributed by atoms with Crippen molar-refractivity contribution in [2.24, 2.45) is 0 Å². The smallest absolute Gasteiger partial charge is 0.226 e. The normalized spacial score (nSPS) is 12.0. The van der Waals surface area contributed by atoms with E-state index in [0.29, 0.717) is 17.3 Å². The number of hydrogen-bond acceptors (Lipinski definition) is 2. The minimum atomic E-state index is -0.0638. The van der Waals surface area contributed by atoms with Gasteiger partial charge in [0.15, 0.2) is 5.82 Å². The molecule has 1 atom stereocenters. The van der Waals surface area contributed by atoms with Crippen molar-refractivity contribution in [3.05, 3.63) is 70.9 Å². The summed E-state index contributed by atoms with van der Waals surface area (Å²) in [6.07, 6.45) is 0.394. The Hall–Kier alpha value is -2.59. The third-order valence-electron chi connectivity index (χ3n) is 4.18. The van der Waals surface area contributed by atoms with Gasteiger partial charge in [-0.15, -0.1) is 0 Å². The van der Waals surface area contributed by atoms with Crippen molar-refractivity contribution >= 4 is 23.3 Å². The van der Waals surface area contributed by atoms with Crippen LogP contribution in [0.1, 0.15) is 30.5 Å². The second-order valence-corrected chi connectivity index (χ2v) is 6.58. The van der Waals surface area contributed by atoms with Crippen LogP contribution in [0.25, 0.3) is 11.1 Å². The topological polar surface area (TPSA) is 57.8 Å². The van der Waals surface area contributed by atoms with Gasteiger partial charge in [-0.1, -0.05) is 61.0 Å². The molecule has 0 radical (unpaired) electrons. The number of benzene rings is 2. The van der Waals surface area contributed by atoms with Crippen molar-refractivity contribution in [1.82, 2.24) is 10.2 Å². The molecule has 5 heteroatoms. The lowest BCUT2D eigenvalue weighted by molar-refractivity contribution is -0.116. The first kappa shape index (κ1) is 17.2. The molecular formula is C20H20ClN3O. The molecular weight excluding hydrogens is 334 g/mol. The maximum Gasteiger partial charge on any atom is 0.226 e. The molecule has 2 aromatic carbocycles. The summed E-state index contributed by atoms with van der Waals surface area (Å²) in [5.41, 5.74) is 3.81. The number of halogens is 1. The van der Waals surface area contributed by atoms with Crippen molar-refractivity contribution in [2.75, 3.05) is 5.32 Å². The average molecular weight is 354 g/mol. The lowest BCUT2D eigenvalue weighted by Gasteiger charge is -2.12. The summed E-state index contributed by atoms with van der Waals surface area (Å²) in [6.45, 7) is 3.97. The highest BCUT2D eigenvalue weighted by atomic mass is 35.5. The highest BCUT2D eigenvalue weighted by Gasteiger charge is 2.17. The molecule has 3 aromatic rings. The molecule has 1 aromatic heterocycles. The van der Waals surface area contributed by atoms with Crippen LogP contribution in [0.15, 0.2) is 54.6 Å². The zero-order chi connectivity index (χ0) is 17.8. The van der Waals surface area contributed by atoms with Gasteiger partial charge in [0.25, 0.3) is 0 Å². The van der Waals surface area contributed by atoms with Crippen LogP contribution in [0.4, 0.5) is 5.82 Å². The molecule has 0 bridgehead atoms. The van der Waals surface area contributed by atoms with E-state index in [0.717, 1.165) is 22.4 Å². The lowest BCUT2D eigenvalue weighted by atomic mass is 9.97.